The average Bonchev–Trinajstić information content (AvgIpc) is 2.38. The first-order valence-electron chi connectivity index (χ1n) is 7.23. The Bertz CT molecular complexity index is 596. The Hall–Kier alpha value is -1.40. The number of sulfonamides is 1. The molecule has 0 aliphatic heterocycles. The molecule has 0 aromatic heterocycles. The van der Waals surface area contributed by atoms with E-state index in [1.807, 2.05) is 6.92 Å². The van der Waals surface area contributed by atoms with Crippen molar-refractivity contribution in [3.63, 3.8) is 0 Å². The largest absolute Gasteiger partial charge is 0.354 e. The summed E-state index contributed by atoms with van der Waals surface area (Å²) in [4.78, 5) is 11.4. The van der Waals surface area contributed by atoms with Gasteiger partial charge < -0.3 is 5.32 Å². The van der Waals surface area contributed by atoms with E-state index in [1.54, 1.807) is 24.3 Å². The highest BCUT2D eigenvalue weighted by atomic mass is 32.2. The number of rotatable bonds is 4. The fourth-order valence-corrected chi connectivity index (χ4v) is 4.00. The zero-order chi connectivity index (χ0) is 15.5. The Balaban J connectivity index is 2.02. The van der Waals surface area contributed by atoms with Gasteiger partial charge in [-0.3, -0.25) is 4.79 Å². The molecule has 116 valence electrons. The van der Waals surface area contributed by atoms with Crippen molar-refractivity contribution >= 4 is 15.9 Å². The van der Waals surface area contributed by atoms with Crippen molar-refractivity contribution in [2.45, 2.75) is 56.5 Å². The molecule has 0 spiro atoms. The van der Waals surface area contributed by atoms with Gasteiger partial charge in [0.15, 0.2) is 0 Å². The van der Waals surface area contributed by atoms with Crippen molar-refractivity contribution in [2.75, 3.05) is 0 Å². The molecule has 2 atom stereocenters. The van der Waals surface area contributed by atoms with Gasteiger partial charge in [-0.1, -0.05) is 17.7 Å². The van der Waals surface area contributed by atoms with Gasteiger partial charge in [-0.25, -0.2) is 13.1 Å². The topological polar surface area (TPSA) is 75.3 Å². The van der Waals surface area contributed by atoms with Gasteiger partial charge in [0.1, 0.15) is 0 Å². The van der Waals surface area contributed by atoms with Crippen LogP contribution in [-0.4, -0.2) is 26.4 Å². The highest BCUT2D eigenvalue weighted by Crippen LogP contribution is 2.21. The highest BCUT2D eigenvalue weighted by molar-refractivity contribution is 7.89. The van der Waals surface area contributed by atoms with E-state index in [9.17, 15) is 13.2 Å². The Morgan fingerprint density at radius 1 is 1.14 bits per heavy atom. The fourth-order valence-electron chi connectivity index (χ4n) is 2.72. The second-order valence-electron chi connectivity index (χ2n) is 5.70. The smallest absolute Gasteiger partial charge is 0.240 e. The molecule has 1 aromatic rings. The number of hydrogen-bond donors (Lipinski definition) is 2. The molecule has 0 unspecified atom stereocenters. The van der Waals surface area contributed by atoms with Gasteiger partial charge in [0.2, 0.25) is 15.9 Å². The molecule has 1 saturated carbocycles. The lowest BCUT2D eigenvalue weighted by atomic mass is 9.91. The monoisotopic (exact) mass is 310 g/mol. The first-order valence-corrected chi connectivity index (χ1v) is 8.71. The van der Waals surface area contributed by atoms with Gasteiger partial charge in [-0.05, 0) is 44.7 Å². The van der Waals surface area contributed by atoms with Crippen LogP contribution in [0.1, 0.15) is 38.2 Å². The van der Waals surface area contributed by atoms with E-state index in [1.165, 1.54) is 6.92 Å². The molecule has 6 heteroatoms. The lowest BCUT2D eigenvalue weighted by Gasteiger charge is -2.29. The van der Waals surface area contributed by atoms with E-state index in [-0.39, 0.29) is 22.9 Å². The molecule has 1 aliphatic carbocycles. The third-order valence-corrected chi connectivity index (χ3v) is 5.27. The molecule has 21 heavy (non-hydrogen) atoms. The summed E-state index contributed by atoms with van der Waals surface area (Å²) < 4.78 is 27.4. The van der Waals surface area contributed by atoms with Crippen LogP contribution in [0.4, 0.5) is 0 Å². The lowest BCUT2D eigenvalue weighted by Crippen LogP contribution is -2.45. The van der Waals surface area contributed by atoms with Gasteiger partial charge in [0.25, 0.3) is 0 Å². The maximum atomic E-state index is 12.3. The Kier molecular flexibility index (Phi) is 5.00. The average molecular weight is 310 g/mol. The van der Waals surface area contributed by atoms with E-state index < -0.39 is 10.0 Å². The number of hydrogen-bond acceptors (Lipinski definition) is 3. The molecule has 1 fully saturated rings. The molecule has 2 rings (SSSR count). The van der Waals surface area contributed by atoms with Crippen molar-refractivity contribution in [2.24, 2.45) is 0 Å². The molecular formula is C15H22N2O3S. The molecule has 1 amide bonds. The summed E-state index contributed by atoms with van der Waals surface area (Å²) in [6, 6.07) is 6.74. The van der Waals surface area contributed by atoms with Crippen LogP contribution in [-0.2, 0) is 14.8 Å². The second-order valence-corrected chi connectivity index (χ2v) is 7.41. The number of carbonyl (C=O) groups is 1. The first kappa shape index (κ1) is 16.0. The van der Waals surface area contributed by atoms with Crippen LogP contribution >= 0.6 is 0 Å². The molecule has 5 nitrogen and oxygen atoms in total. The lowest BCUT2D eigenvalue weighted by molar-refractivity contribution is -0.119. The molecule has 0 heterocycles. The fraction of sp³-hybridized carbons (Fsp3) is 0.533. The van der Waals surface area contributed by atoms with Crippen molar-refractivity contribution in [1.82, 2.24) is 10.0 Å². The quantitative estimate of drug-likeness (QED) is 0.889. The summed E-state index contributed by atoms with van der Waals surface area (Å²) in [6.07, 6.45) is 3.26. The molecule has 0 radical (unpaired) electrons. The maximum Gasteiger partial charge on any atom is 0.240 e. The Morgan fingerprint density at radius 3 is 2.38 bits per heavy atom. The SMILES string of the molecule is CC(=O)N[C@H]1CCC[C@@H](NS(=O)(=O)c2ccc(C)cc2)C1. The standard InChI is InChI=1S/C15H22N2O3S/c1-11-6-8-15(9-7-11)21(19,20)17-14-5-3-4-13(10-14)16-12(2)18/h6-9,13-14,17H,3-5,10H2,1-2H3,(H,16,18)/t13-,14+/m0/s1. The van der Waals surface area contributed by atoms with Crippen LogP contribution in [0.5, 0.6) is 0 Å². The first-order chi connectivity index (χ1) is 9.87. The minimum absolute atomic E-state index is 0.0574. The van der Waals surface area contributed by atoms with E-state index in [4.69, 9.17) is 0 Å². The van der Waals surface area contributed by atoms with Gasteiger partial charge in [0.05, 0.1) is 4.90 Å². The summed E-state index contributed by atoms with van der Waals surface area (Å²) in [7, 11) is -3.49. The summed E-state index contributed by atoms with van der Waals surface area (Å²) in [5.74, 6) is -0.0676. The van der Waals surface area contributed by atoms with Gasteiger partial charge in [-0.15, -0.1) is 0 Å². The van der Waals surface area contributed by atoms with E-state index in [2.05, 4.69) is 10.0 Å². The summed E-state index contributed by atoms with van der Waals surface area (Å²) in [5.41, 5.74) is 1.03. The molecule has 1 aromatic carbocycles. The van der Waals surface area contributed by atoms with Crippen molar-refractivity contribution < 1.29 is 13.2 Å². The van der Waals surface area contributed by atoms with Gasteiger partial charge >= 0.3 is 0 Å². The number of carbonyl (C=O) groups excluding carboxylic acids is 1. The third-order valence-electron chi connectivity index (χ3n) is 3.73. The van der Waals surface area contributed by atoms with E-state index in [0.717, 1.165) is 24.8 Å². The number of aryl methyl sites for hydroxylation is 1. The van der Waals surface area contributed by atoms with Crippen LogP contribution in [0, 0.1) is 6.92 Å². The summed E-state index contributed by atoms with van der Waals surface area (Å²) in [5, 5.41) is 2.87. The minimum Gasteiger partial charge on any atom is -0.354 e. The summed E-state index contributed by atoms with van der Waals surface area (Å²) >= 11 is 0. The summed E-state index contributed by atoms with van der Waals surface area (Å²) in [6.45, 7) is 3.41. The second kappa shape index (κ2) is 6.58. The predicted octanol–water partition coefficient (Wildman–Crippen LogP) is 1.72. The zero-order valence-electron chi connectivity index (χ0n) is 12.4. The van der Waals surface area contributed by atoms with Crippen LogP contribution in [0.25, 0.3) is 0 Å². The molecule has 0 bridgehead atoms. The molecule has 2 N–H and O–H groups in total. The van der Waals surface area contributed by atoms with Gasteiger partial charge in [0, 0.05) is 19.0 Å². The molecular weight excluding hydrogens is 288 g/mol. The third kappa shape index (κ3) is 4.54. The van der Waals surface area contributed by atoms with Gasteiger partial charge in [-0.2, -0.15) is 0 Å². The number of benzene rings is 1. The number of nitrogens with one attached hydrogen (secondary N) is 2. The van der Waals surface area contributed by atoms with Crippen molar-refractivity contribution in [1.29, 1.82) is 0 Å². The zero-order valence-corrected chi connectivity index (χ0v) is 13.2. The van der Waals surface area contributed by atoms with Crippen LogP contribution < -0.4 is 10.0 Å². The van der Waals surface area contributed by atoms with Crippen molar-refractivity contribution in [3.8, 4) is 0 Å². The maximum absolute atomic E-state index is 12.3. The van der Waals surface area contributed by atoms with Crippen LogP contribution in [0.3, 0.4) is 0 Å². The predicted molar refractivity (Wildman–Crippen MR) is 81.4 cm³/mol. The number of amides is 1. The van der Waals surface area contributed by atoms with E-state index in [0.29, 0.717) is 6.42 Å². The van der Waals surface area contributed by atoms with Crippen molar-refractivity contribution in [3.05, 3.63) is 29.8 Å². The normalized spacial score (nSPS) is 22.8. The van der Waals surface area contributed by atoms with E-state index >= 15 is 0 Å². The van der Waals surface area contributed by atoms with Crippen LogP contribution in [0.2, 0.25) is 0 Å². The Labute approximate surface area is 126 Å². The highest BCUT2D eigenvalue weighted by Gasteiger charge is 2.26. The minimum atomic E-state index is -3.49. The molecule has 1 aliphatic rings. The van der Waals surface area contributed by atoms with Crippen LogP contribution in [0.15, 0.2) is 29.2 Å². The molecule has 0 saturated heterocycles. The Morgan fingerprint density at radius 2 is 1.76 bits per heavy atom.